The van der Waals surface area contributed by atoms with Crippen LogP contribution in [0.4, 0.5) is 0 Å². The van der Waals surface area contributed by atoms with Crippen molar-refractivity contribution in [2.45, 2.75) is 46.0 Å². The van der Waals surface area contributed by atoms with Gasteiger partial charge in [-0.2, -0.15) is 0 Å². The summed E-state index contributed by atoms with van der Waals surface area (Å²) < 4.78 is 0. The van der Waals surface area contributed by atoms with Gasteiger partial charge >= 0.3 is 0 Å². The Morgan fingerprint density at radius 3 is 2.58 bits per heavy atom. The number of carbonyl (C=O) groups is 1. The SMILES string of the molecule is Cc1cc(Cl)c(C(=O)CC2CC3CCC2C3)cc1C. The van der Waals surface area contributed by atoms with Crippen LogP contribution in [0, 0.1) is 31.6 Å². The van der Waals surface area contributed by atoms with Gasteiger partial charge in [0.15, 0.2) is 5.78 Å². The number of benzene rings is 1. The number of hydrogen-bond donors (Lipinski definition) is 0. The molecule has 2 aliphatic rings. The monoisotopic (exact) mass is 276 g/mol. The quantitative estimate of drug-likeness (QED) is 0.713. The highest BCUT2D eigenvalue weighted by Crippen LogP contribution is 2.49. The molecule has 3 rings (SSSR count). The van der Waals surface area contributed by atoms with Crippen molar-refractivity contribution in [3.63, 3.8) is 0 Å². The fourth-order valence-electron chi connectivity index (χ4n) is 3.97. The zero-order valence-corrected chi connectivity index (χ0v) is 12.5. The van der Waals surface area contributed by atoms with E-state index in [-0.39, 0.29) is 5.78 Å². The molecule has 2 aliphatic carbocycles. The second-order valence-electron chi connectivity index (χ2n) is 6.48. The highest BCUT2D eigenvalue weighted by atomic mass is 35.5. The number of hydrogen-bond acceptors (Lipinski definition) is 1. The minimum atomic E-state index is 0.241. The predicted molar refractivity (Wildman–Crippen MR) is 78.8 cm³/mol. The summed E-state index contributed by atoms with van der Waals surface area (Å²) in [6.45, 7) is 4.07. The molecule has 1 nitrogen and oxygen atoms in total. The van der Waals surface area contributed by atoms with Crippen LogP contribution in [0.3, 0.4) is 0 Å². The molecule has 2 bridgehead atoms. The summed E-state index contributed by atoms with van der Waals surface area (Å²) in [7, 11) is 0. The smallest absolute Gasteiger partial charge is 0.164 e. The van der Waals surface area contributed by atoms with Crippen molar-refractivity contribution >= 4 is 17.4 Å². The Bertz CT molecular complexity index is 520. The van der Waals surface area contributed by atoms with Crippen molar-refractivity contribution in [1.29, 1.82) is 0 Å². The lowest BCUT2D eigenvalue weighted by Crippen LogP contribution is -2.15. The lowest BCUT2D eigenvalue weighted by Gasteiger charge is -2.21. The van der Waals surface area contributed by atoms with Gasteiger partial charge in [0.2, 0.25) is 0 Å². The van der Waals surface area contributed by atoms with E-state index in [1.807, 2.05) is 26.0 Å². The fraction of sp³-hybridized carbons (Fsp3) is 0.588. The van der Waals surface area contributed by atoms with E-state index in [1.54, 1.807) is 0 Å². The molecular formula is C17H21ClO. The van der Waals surface area contributed by atoms with Crippen molar-refractivity contribution in [2.75, 3.05) is 0 Å². The molecule has 1 aromatic carbocycles. The lowest BCUT2D eigenvalue weighted by atomic mass is 9.84. The topological polar surface area (TPSA) is 17.1 Å². The van der Waals surface area contributed by atoms with Crippen LogP contribution in [0.25, 0.3) is 0 Å². The second kappa shape index (κ2) is 4.94. The minimum absolute atomic E-state index is 0.241. The van der Waals surface area contributed by atoms with Crippen molar-refractivity contribution in [3.8, 4) is 0 Å². The molecule has 3 atom stereocenters. The largest absolute Gasteiger partial charge is 0.294 e. The summed E-state index contributed by atoms with van der Waals surface area (Å²) in [5.41, 5.74) is 3.04. The Morgan fingerprint density at radius 1 is 1.21 bits per heavy atom. The highest BCUT2D eigenvalue weighted by molar-refractivity contribution is 6.34. The van der Waals surface area contributed by atoms with Gasteiger partial charge in [0.25, 0.3) is 0 Å². The molecular weight excluding hydrogens is 256 g/mol. The molecule has 0 amide bonds. The average molecular weight is 277 g/mol. The maximum absolute atomic E-state index is 12.5. The van der Waals surface area contributed by atoms with Gasteiger partial charge in [-0.3, -0.25) is 4.79 Å². The maximum Gasteiger partial charge on any atom is 0.164 e. The molecule has 102 valence electrons. The van der Waals surface area contributed by atoms with Gasteiger partial charge in [-0.25, -0.2) is 0 Å². The van der Waals surface area contributed by atoms with Crippen LogP contribution in [0.15, 0.2) is 12.1 Å². The molecule has 19 heavy (non-hydrogen) atoms. The van der Waals surface area contributed by atoms with Gasteiger partial charge in [-0.15, -0.1) is 0 Å². The first-order valence-electron chi connectivity index (χ1n) is 7.34. The van der Waals surface area contributed by atoms with Crippen LogP contribution in [-0.4, -0.2) is 5.78 Å². The van der Waals surface area contributed by atoms with Gasteiger partial charge in [0.05, 0.1) is 5.02 Å². The molecule has 0 N–H and O–H groups in total. The normalized spacial score (nSPS) is 28.9. The van der Waals surface area contributed by atoms with E-state index >= 15 is 0 Å². The summed E-state index contributed by atoms with van der Waals surface area (Å²) in [6, 6.07) is 3.89. The van der Waals surface area contributed by atoms with Crippen LogP contribution in [0.5, 0.6) is 0 Å². The van der Waals surface area contributed by atoms with Gasteiger partial charge in [0, 0.05) is 12.0 Å². The molecule has 0 aliphatic heterocycles. The first-order valence-corrected chi connectivity index (χ1v) is 7.72. The summed E-state index contributed by atoms with van der Waals surface area (Å²) in [5, 5.41) is 0.622. The Kier molecular flexibility index (Phi) is 3.42. The van der Waals surface area contributed by atoms with Gasteiger partial charge in [0.1, 0.15) is 0 Å². The number of Topliss-reactive ketones (excluding diaryl/α,β-unsaturated/α-hetero) is 1. The number of rotatable bonds is 3. The molecule has 0 radical (unpaired) electrons. The van der Waals surface area contributed by atoms with E-state index in [0.29, 0.717) is 17.4 Å². The van der Waals surface area contributed by atoms with E-state index in [1.165, 1.54) is 25.7 Å². The summed E-state index contributed by atoms with van der Waals surface area (Å²) in [6.07, 6.45) is 6.05. The minimum Gasteiger partial charge on any atom is -0.294 e. The molecule has 0 saturated heterocycles. The molecule has 3 unspecified atom stereocenters. The number of aryl methyl sites for hydroxylation is 2. The fourth-order valence-corrected chi connectivity index (χ4v) is 4.29. The summed E-state index contributed by atoms with van der Waals surface area (Å²) in [4.78, 5) is 12.5. The number of ketones is 1. The van der Waals surface area contributed by atoms with Crippen molar-refractivity contribution in [3.05, 3.63) is 33.8 Å². The van der Waals surface area contributed by atoms with Gasteiger partial charge in [-0.1, -0.05) is 18.0 Å². The van der Waals surface area contributed by atoms with Crippen LogP contribution in [-0.2, 0) is 0 Å². The first-order chi connectivity index (χ1) is 9.04. The lowest BCUT2D eigenvalue weighted by molar-refractivity contribution is 0.0944. The Morgan fingerprint density at radius 2 is 1.95 bits per heavy atom. The highest BCUT2D eigenvalue weighted by Gasteiger charge is 2.40. The molecule has 0 spiro atoms. The molecule has 0 heterocycles. The standard InChI is InChI=1S/C17H21ClO/c1-10-5-15(16(18)6-11(10)2)17(19)9-14-8-12-3-4-13(14)7-12/h5-6,12-14H,3-4,7-9H2,1-2H3. The van der Waals surface area contributed by atoms with E-state index in [2.05, 4.69) is 0 Å². The zero-order chi connectivity index (χ0) is 13.6. The Labute approximate surface area is 120 Å². The Hall–Kier alpha value is -0.820. The molecule has 2 fully saturated rings. The van der Waals surface area contributed by atoms with E-state index in [0.717, 1.165) is 28.5 Å². The van der Waals surface area contributed by atoms with Crippen LogP contribution >= 0.6 is 11.6 Å². The van der Waals surface area contributed by atoms with Crippen LogP contribution < -0.4 is 0 Å². The van der Waals surface area contributed by atoms with Gasteiger partial charge < -0.3 is 0 Å². The summed E-state index contributed by atoms with van der Waals surface area (Å²) >= 11 is 6.24. The van der Waals surface area contributed by atoms with Crippen molar-refractivity contribution < 1.29 is 4.79 Å². The van der Waals surface area contributed by atoms with Crippen molar-refractivity contribution in [1.82, 2.24) is 0 Å². The van der Waals surface area contributed by atoms with Crippen LogP contribution in [0.2, 0.25) is 5.02 Å². The molecule has 2 saturated carbocycles. The van der Waals surface area contributed by atoms with E-state index in [4.69, 9.17) is 11.6 Å². The molecule has 0 aromatic heterocycles. The molecule has 1 aromatic rings. The van der Waals surface area contributed by atoms with E-state index in [9.17, 15) is 4.79 Å². The van der Waals surface area contributed by atoms with Crippen LogP contribution in [0.1, 0.15) is 53.6 Å². The maximum atomic E-state index is 12.5. The van der Waals surface area contributed by atoms with E-state index < -0.39 is 0 Å². The predicted octanol–water partition coefficient (Wildman–Crippen LogP) is 4.97. The number of fused-ring (bicyclic) bond motifs is 2. The number of halogens is 1. The average Bonchev–Trinajstić information content (AvgIpc) is 2.95. The summed E-state index contributed by atoms with van der Waals surface area (Å²) in [5.74, 6) is 2.56. The first kappa shape index (κ1) is 13.2. The van der Waals surface area contributed by atoms with Gasteiger partial charge in [-0.05, 0) is 74.1 Å². The second-order valence-corrected chi connectivity index (χ2v) is 6.89. The molecule has 2 heteroatoms. The number of carbonyl (C=O) groups excluding carboxylic acids is 1. The third-order valence-electron chi connectivity index (χ3n) is 5.22. The zero-order valence-electron chi connectivity index (χ0n) is 11.7. The third kappa shape index (κ3) is 2.45. The Balaban J connectivity index is 1.75. The van der Waals surface area contributed by atoms with Crippen molar-refractivity contribution in [2.24, 2.45) is 17.8 Å². The third-order valence-corrected chi connectivity index (χ3v) is 5.53.